The van der Waals surface area contributed by atoms with Crippen LogP contribution in [0.15, 0.2) is 24.3 Å². The van der Waals surface area contributed by atoms with Crippen molar-refractivity contribution in [2.24, 2.45) is 5.92 Å². The van der Waals surface area contributed by atoms with E-state index in [2.05, 4.69) is 24.0 Å². The van der Waals surface area contributed by atoms with Crippen molar-refractivity contribution in [3.05, 3.63) is 35.4 Å². The zero-order valence-corrected chi connectivity index (χ0v) is 11.8. The molecule has 104 valence electrons. The third-order valence-electron chi connectivity index (χ3n) is 3.92. The lowest BCUT2D eigenvalue weighted by molar-refractivity contribution is -0.138. The van der Waals surface area contributed by atoms with Gasteiger partial charge in [0.1, 0.15) is 0 Å². The quantitative estimate of drug-likeness (QED) is 0.820. The van der Waals surface area contributed by atoms with Crippen LogP contribution in [-0.4, -0.2) is 29.1 Å². The van der Waals surface area contributed by atoms with Crippen molar-refractivity contribution >= 4 is 5.97 Å². The molecule has 0 aromatic heterocycles. The van der Waals surface area contributed by atoms with Gasteiger partial charge in [-0.1, -0.05) is 31.2 Å². The van der Waals surface area contributed by atoms with Crippen molar-refractivity contribution in [2.75, 3.05) is 13.1 Å². The van der Waals surface area contributed by atoms with Crippen LogP contribution in [0.25, 0.3) is 0 Å². The van der Waals surface area contributed by atoms with E-state index in [0.29, 0.717) is 0 Å². The Morgan fingerprint density at radius 2 is 2.00 bits per heavy atom. The van der Waals surface area contributed by atoms with E-state index in [9.17, 15) is 4.79 Å². The minimum absolute atomic E-state index is 0.428. The standard InChI is InChI=1S/C16H23NO2/c1-3-17(10-13-4-5-13)11-14-6-8-15(9-7-14)12(2)16(18)19/h6-9,12-13H,3-5,10-11H2,1-2H3,(H,18,19). The molecule has 0 spiro atoms. The Bertz CT molecular complexity index is 423. The molecule has 0 bridgehead atoms. The molecule has 0 heterocycles. The van der Waals surface area contributed by atoms with Gasteiger partial charge in [0.25, 0.3) is 0 Å². The Morgan fingerprint density at radius 1 is 1.37 bits per heavy atom. The molecule has 1 aliphatic carbocycles. The molecule has 1 unspecified atom stereocenters. The SMILES string of the molecule is CCN(Cc1ccc(C(C)C(=O)O)cc1)CC1CC1. The summed E-state index contributed by atoms with van der Waals surface area (Å²) in [6.07, 6.45) is 2.76. The van der Waals surface area contributed by atoms with Gasteiger partial charge in [-0.2, -0.15) is 0 Å². The van der Waals surface area contributed by atoms with E-state index in [4.69, 9.17) is 5.11 Å². The second kappa shape index (κ2) is 6.20. The van der Waals surface area contributed by atoms with Crippen LogP contribution in [0, 0.1) is 5.92 Å². The van der Waals surface area contributed by atoms with Crippen LogP contribution in [0.1, 0.15) is 43.7 Å². The van der Waals surface area contributed by atoms with Gasteiger partial charge >= 0.3 is 5.97 Å². The first-order valence-electron chi connectivity index (χ1n) is 7.14. The Balaban J connectivity index is 1.95. The predicted molar refractivity (Wildman–Crippen MR) is 76.2 cm³/mol. The average molecular weight is 261 g/mol. The molecule has 1 saturated carbocycles. The molecule has 0 aliphatic heterocycles. The van der Waals surface area contributed by atoms with Gasteiger partial charge in [-0.05, 0) is 43.4 Å². The summed E-state index contributed by atoms with van der Waals surface area (Å²) in [5, 5.41) is 8.99. The van der Waals surface area contributed by atoms with Crippen LogP contribution in [-0.2, 0) is 11.3 Å². The van der Waals surface area contributed by atoms with E-state index in [1.807, 2.05) is 12.1 Å². The Labute approximate surface area is 115 Å². The summed E-state index contributed by atoms with van der Waals surface area (Å²) in [4.78, 5) is 13.4. The van der Waals surface area contributed by atoms with Gasteiger partial charge < -0.3 is 5.11 Å². The van der Waals surface area contributed by atoms with Crippen molar-refractivity contribution in [2.45, 2.75) is 39.2 Å². The lowest BCUT2D eigenvalue weighted by atomic mass is 10.00. The first-order valence-corrected chi connectivity index (χ1v) is 7.14. The molecule has 3 heteroatoms. The topological polar surface area (TPSA) is 40.5 Å². The van der Waals surface area contributed by atoms with Gasteiger partial charge in [-0.25, -0.2) is 0 Å². The predicted octanol–water partition coefficient (Wildman–Crippen LogP) is 3.11. The Hall–Kier alpha value is -1.35. The molecule has 0 amide bonds. The van der Waals surface area contributed by atoms with E-state index in [0.717, 1.165) is 24.6 Å². The van der Waals surface area contributed by atoms with Gasteiger partial charge in [-0.15, -0.1) is 0 Å². The summed E-state index contributed by atoms with van der Waals surface area (Å²) in [6, 6.07) is 8.01. The third-order valence-corrected chi connectivity index (χ3v) is 3.92. The molecule has 1 aromatic rings. The number of carboxylic acids is 1. The Kier molecular flexibility index (Phi) is 4.59. The summed E-state index contributed by atoms with van der Waals surface area (Å²) in [5.41, 5.74) is 2.14. The van der Waals surface area contributed by atoms with Gasteiger partial charge in [-0.3, -0.25) is 9.69 Å². The normalized spacial score (nSPS) is 16.6. The highest BCUT2D eigenvalue weighted by Gasteiger charge is 2.23. The van der Waals surface area contributed by atoms with Crippen molar-refractivity contribution in [1.29, 1.82) is 0 Å². The zero-order chi connectivity index (χ0) is 13.8. The van der Waals surface area contributed by atoms with Gasteiger partial charge in [0.15, 0.2) is 0 Å². The summed E-state index contributed by atoms with van der Waals surface area (Å²) in [6.45, 7) is 7.16. The van der Waals surface area contributed by atoms with Crippen molar-refractivity contribution in [3.8, 4) is 0 Å². The maximum absolute atomic E-state index is 10.9. The first-order chi connectivity index (χ1) is 9.10. The van der Waals surface area contributed by atoms with Crippen LogP contribution < -0.4 is 0 Å². The molecule has 1 atom stereocenters. The van der Waals surface area contributed by atoms with Gasteiger partial charge in [0.05, 0.1) is 5.92 Å². The second-order valence-corrected chi connectivity index (χ2v) is 5.57. The fourth-order valence-electron chi connectivity index (χ4n) is 2.28. The number of benzene rings is 1. The second-order valence-electron chi connectivity index (χ2n) is 5.57. The molecule has 1 N–H and O–H groups in total. The summed E-state index contributed by atoms with van der Waals surface area (Å²) in [7, 11) is 0. The van der Waals surface area contributed by atoms with E-state index < -0.39 is 11.9 Å². The highest BCUT2D eigenvalue weighted by atomic mass is 16.4. The van der Waals surface area contributed by atoms with Crippen LogP contribution in [0.4, 0.5) is 0 Å². The maximum Gasteiger partial charge on any atom is 0.310 e. The van der Waals surface area contributed by atoms with Gasteiger partial charge in [0, 0.05) is 13.1 Å². The average Bonchev–Trinajstić information content (AvgIpc) is 3.22. The van der Waals surface area contributed by atoms with Crippen LogP contribution in [0.5, 0.6) is 0 Å². The highest BCUT2D eigenvalue weighted by Crippen LogP contribution is 2.30. The maximum atomic E-state index is 10.9. The van der Waals surface area contributed by atoms with Crippen molar-refractivity contribution in [1.82, 2.24) is 4.90 Å². The van der Waals surface area contributed by atoms with Crippen LogP contribution in [0.3, 0.4) is 0 Å². The highest BCUT2D eigenvalue weighted by molar-refractivity contribution is 5.75. The minimum Gasteiger partial charge on any atom is -0.481 e. The third kappa shape index (κ3) is 4.06. The molecular formula is C16H23NO2. The molecule has 1 aliphatic rings. The molecular weight excluding hydrogens is 238 g/mol. The van der Waals surface area contributed by atoms with E-state index in [1.165, 1.54) is 24.9 Å². The summed E-state index contributed by atoms with van der Waals surface area (Å²) in [5.74, 6) is -0.286. The van der Waals surface area contributed by atoms with Crippen molar-refractivity contribution in [3.63, 3.8) is 0 Å². The molecule has 0 radical (unpaired) electrons. The smallest absolute Gasteiger partial charge is 0.310 e. The molecule has 2 rings (SSSR count). The number of carbonyl (C=O) groups is 1. The number of rotatable bonds is 7. The minimum atomic E-state index is -0.767. The number of hydrogen-bond donors (Lipinski definition) is 1. The number of nitrogens with zero attached hydrogens (tertiary/aromatic N) is 1. The number of hydrogen-bond acceptors (Lipinski definition) is 2. The fraction of sp³-hybridized carbons (Fsp3) is 0.562. The number of carboxylic acid groups (broad SMARTS) is 1. The van der Waals surface area contributed by atoms with E-state index in [-0.39, 0.29) is 0 Å². The molecule has 0 saturated heterocycles. The molecule has 3 nitrogen and oxygen atoms in total. The monoisotopic (exact) mass is 261 g/mol. The van der Waals surface area contributed by atoms with Crippen LogP contribution in [0.2, 0.25) is 0 Å². The lowest BCUT2D eigenvalue weighted by Crippen LogP contribution is -2.25. The fourth-order valence-corrected chi connectivity index (χ4v) is 2.28. The van der Waals surface area contributed by atoms with Gasteiger partial charge in [0.2, 0.25) is 0 Å². The Morgan fingerprint density at radius 3 is 2.47 bits per heavy atom. The molecule has 1 fully saturated rings. The zero-order valence-electron chi connectivity index (χ0n) is 11.8. The summed E-state index contributed by atoms with van der Waals surface area (Å²) >= 11 is 0. The van der Waals surface area contributed by atoms with E-state index in [1.54, 1.807) is 6.92 Å². The molecule has 19 heavy (non-hydrogen) atoms. The van der Waals surface area contributed by atoms with Crippen molar-refractivity contribution < 1.29 is 9.90 Å². The van der Waals surface area contributed by atoms with E-state index >= 15 is 0 Å². The largest absolute Gasteiger partial charge is 0.481 e. The molecule has 1 aromatic carbocycles. The van der Waals surface area contributed by atoms with Crippen LogP contribution >= 0.6 is 0 Å². The first kappa shape index (κ1) is 14.1. The summed E-state index contributed by atoms with van der Waals surface area (Å²) < 4.78 is 0. The lowest BCUT2D eigenvalue weighted by Gasteiger charge is -2.20. The number of aliphatic carboxylic acids is 1.